The van der Waals surface area contributed by atoms with Crippen molar-refractivity contribution in [3.8, 4) is 22.9 Å². The number of rotatable bonds is 10. The van der Waals surface area contributed by atoms with Gasteiger partial charge in [0.25, 0.3) is 5.91 Å². The summed E-state index contributed by atoms with van der Waals surface area (Å²) in [7, 11) is 4.87. The van der Waals surface area contributed by atoms with Gasteiger partial charge in [0.05, 0.1) is 24.3 Å². The second-order valence-corrected chi connectivity index (χ2v) is 9.67. The number of ether oxygens (including phenoxy) is 2. The molecule has 0 saturated carbocycles. The van der Waals surface area contributed by atoms with Crippen molar-refractivity contribution in [2.45, 2.75) is 19.8 Å². The fraction of sp³-hybridized carbons (Fsp3) is 0.233. The van der Waals surface area contributed by atoms with Gasteiger partial charge in [0.15, 0.2) is 23.9 Å². The molecule has 0 radical (unpaired) electrons. The number of methoxy groups -OCH3 is 1. The Hall–Kier alpha value is -5.19. The van der Waals surface area contributed by atoms with E-state index in [2.05, 4.69) is 20.8 Å². The van der Waals surface area contributed by atoms with Crippen LogP contribution in [-0.2, 0) is 9.59 Å². The topological polar surface area (TPSA) is 134 Å². The van der Waals surface area contributed by atoms with Crippen LogP contribution in [0.25, 0.3) is 33.2 Å². The lowest BCUT2D eigenvalue weighted by molar-refractivity contribution is -0.130. The third-order valence-electron chi connectivity index (χ3n) is 6.42. The average Bonchev–Trinajstić information content (AvgIpc) is 3.43. The lowest BCUT2D eigenvalue weighted by Crippen LogP contribution is -2.27. The highest BCUT2D eigenvalue weighted by Crippen LogP contribution is 2.37. The van der Waals surface area contributed by atoms with E-state index in [1.54, 1.807) is 32.4 Å². The maximum atomic E-state index is 12.2. The molecule has 3 N–H and O–H groups in total. The highest BCUT2D eigenvalue weighted by atomic mass is 16.5. The first-order valence-corrected chi connectivity index (χ1v) is 13.2. The van der Waals surface area contributed by atoms with Crippen LogP contribution in [0.5, 0.6) is 11.5 Å². The van der Waals surface area contributed by atoms with Crippen molar-refractivity contribution in [1.29, 1.82) is 0 Å². The van der Waals surface area contributed by atoms with Gasteiger partial charge < -0.3 is 25.0 Å². The van der Waals surface area contributed by atoms with Crippen LogP contribution in [0.2, 0.25) is 0 Å². The summed E-state index contributed by atoms with van der Waals surface area (Å²) in [5.74, 6) is 1.57. The highest BCUT2D eigenvalue weighted by molar-refractivity contribution is 5.96. The molecule has 2 amide bonds. The largest absolute Gasteiger partial charge is 0.493 e. The van der Waals surface area contributed by atoms with Gasteiger partial charge in [-0.15, -0.1) is 0 Å². The number of hydrogen-bond donors (Lipinski definition) is 3. The van der Waals surface area contributed by atoms with Crippen LogP contribution in [0, 0.1) is 0 Å². The zero-order valence-corrected chi connectivity index (χ0v) is 23.3. The Morgan fingerprint density at radius 1 is 1.00 bits per heavy atom. The number of aromatic amines is 1. The van der Waals surface area contributed by atoms with Gasteiger partial charge in [-0.05, 0) is 42.8 Å². The molecule has 0 aliphatic carbocycles. The molecule has 0 aliphatic heterocycles. The molecule has 0 atom stereocenters. The number of benzene rings is 3. The molecule has 0 spiro atoms. The minimum absolute atomic E-state index is 0.0499. The Kier molecular flexibility index (Phi) is 7.95. The summed E-state index contributed by atoms with van der Waals surface area (Å²) in [5, 5.41) is 15.0. The van der Waals surface area contributed by atoms with Crippen molar-refractivity contribution in [2.75, 3.05) is 38.4 Å². The molecule has 0 saturated heterocycles. The second-order valence-electron chi connectivity index (χ2n) is 9.67. The van der Waals surface area contributed by atoms with Crippen LogP contribution in [-0.4, -0.2) is 64.7 Å². The van der Waals surface area contributed by atoms with Gasteiger partial charge in [-0.2, -0.15) is 5.10 Å². The van der Waals surface area contributed by atoms with Gasteiger partial charge in [0.2, 0.25) is 5.91 Å². The Morgan fingerprint density at radius 2 is 1.85 bits per heavy atom. The first-order chi connectivity index (χ1) is 19.8. The maximum Gasteiger partial charge on any atom is 0.259 e. The summed E-state index contributed by atoms with van der Waals surface area (Å²) >= 11 is 0. The van der Waals surface area contributed by atoms with E-state index in [0.717, 1.165) is 28.6 Å². The first-order valence-electron chi connectivity index (χ1n) is 13.2. The van der Waals surface area contributed by atoms with E-state index in [-0.39, 0.29) is 18.4 Å². The summed E-state index contributed by atoms with van der Waals surface area (Å²) < 4.78 is 11.4. The number of anilines is 3. The normalized spacial score (nSPS) is 10.9. The summed E-state index contributed by atoms with van der Waals surface area (Å²) in [5.41, 5.74) is 3.70. The minimum Gasteiger partial charge on any atom is -0.493 e. The smallest absolute Gasteiger partial charge is 0.259 e. The number of nitrogens with one attached hydrogen (secondary N) is 3. The SMILES string of the molecule is CCCC(=O)Nc1cccc(-c2nc(Nc3ccc4[nH]ncc4c3)c3cc(OCC(=O)N(C)C)c(OC)cc3n2)c1. The Morgan fingerprint density at radius 3 is 2.63 bits per heavy atom. The number of hydrogen-bond acceptors (Lipinski definition) is 8. The lowest BCUT2D eigenvalue weighted by atomic mass is 10.1. The number of amides is 2. The third-order valence-corrected chi connectivity index (χ3v) is 6.42. The number of likely N-dealkylation sites (N-methyl/N-ethyl adjacent to an activating group) is 1. The van der Waals surface area contributed by atoms with E-state index in [1.165, 1.54) is 12.0 Å². The molecular formula is C30H31N7O4. The summed E-state index contributed by atoms with van der Waals surface area (Å²) in [6, 6.07) is 16.8. The lowest BCUT2D eigenvalue weighted by Gasteiger charge is -2.16. The van der Waals surface area contributed by atoms with Gasteiger partial charge in [-0.1, -0.05) is 19.1 Å². The molecule has 0 bridgehead atoms. The molecule has 0 aliphatic rings. The number of aromatic nitrogens is 4. The molecule has 5 rings (SSSR count). The highest BCUT2D eigenvalue weighted by Gasteiger charge is 2.17. The van der Waals surface area contributed by atoms with E-state index >= 15 is 0 Å². The van der Waals surface area contributed by atoms with Gasteiger partial charge in [0, 0.05) is 54.3 Å². The monoisotopic (exact) mass is 553 g/mol. The van der Waals surface area contributed by atoms with E-state index in [9.17, 15) is 9.59 Å². The molecule has 5 aromatic rings. The molecule has 0 fully saturated rings. The molecule has 41 heavy (non-hydrogen) atoms. The van der Waals surface area contributed by atoms with Crippen LogP contribution in [0.4, 0.5) is 17.2 Å². The number of nitrogens with zero attached hydrogens (tertiary/aromatic N) is 4. The number of fused-ring (bicyclic) bond motifs is 2. The molecule has 11 nitrogen and oxygen atoms in total. The zero-order chi connectivity index (χ0) is 28.9. The molecule has 0 unspecified atom stereocenters. The van der Waals surface area contributed by atoms with Crippen molar-refractivity contribution in [3.63, 3.8) is 0 Å². The van der Waals surface area contributed by atoms with Crippen molar-refractivity contribution in [1.82, 2.24) is 25.1 Å². The summed E-state index contributed by atoms with van der Waals surface area (Å²) in [6.07, 6.45) is 2.95. The minimum atomic E-state index is -0.184. The van der Waals surface area contributed by atoms with Crippen LogP contribution in [0.15, 0.2) is 60.8 Å². The summed E-state index contributed by atoms with van der Waals surface area (Å²) in [6.45, 7) is 1.81. The molecule has 3 aromatic carbocycles. The van der Waals surface area contributed by atoms with Crippen molar-refractivity contribution >= 4 is 50.8 Å². The van der Waals surface area contributed by atoms with Crippen molar-refractivity contribution in [3.05, 3.63) is 60.8 Å². The van der Waals surface area contributed by atoms with Crippen LogP contribution in [0.3, 0.4) is 0 Å². The average molecular weight is 554 g/mol. The number of carbonyl (C=O) groups is 2. The predicted molar refractivity (Wildman–Crippen MR) is 159 cm³/mol. The van der Waals surface area contributed by atoms with Crippen LogP contribution >= 0.6 is 0 Å². The van der Waals surface area contributed by atoms with Gasteiger partial charge in [0.1, 0.15) is 5.82 Å². The fourth-order valence-electron chi connectivity index (χ4n) is 4.25. The van der Waals surface area contributed by atoms with E-state index < -0.39 is 0 Å². The van der Waals surface area contributed by atoms with Crippen LogP contribution in [0.1, 0.15) is 19.8 Å². The molecule has 2 heterocycles. The Bertz CT molecular complexity index is 1730. The maximum absolute atomic E-state index is 12.2. The molecular weight excluding hydrogens is 522 g/mol. The van der Waals surface area contributed by atoms with E-state index in [0.29, 0.717) is 46.2 Å². The molecule has 11 heteroatoms. The van der Waals surface area contributed by atoms with Crippen LogP contribution < -0.4 is 20.1 Å². The second kappa shape index (κ2) is 11.9. The summed E-state index contributed by atoms with van der Waals surface area (Å²) in [4.78, 5) is 35.6. The molecule has 2 aromatic heterocycles. The standard InChI is InChI=1S/C30H31N7O4/c1-5-7-27(38)32-20-9-6-8-18(12-20)29-34-24-15-25(40-4)26(41-17-28(39)37(2)3)14-22(24)30(35-29)33-21-10-11-23-19(13-21)16-31-36-23/h6,8-16H,5,7,17H2,1-4H3,(H,31,36)(H,32,38)(H,33,34,35). The van der Waals surface area contributed by atoms with Crippen molar-refractivity contribution in [2.24, 2.45) is 0 Å². The predicted octanol–water partition coefficient (Wildman–Crippen LogP) is 5.13. The Labute approximate surface area is 236 Å². The van der Waals surface area contributed by atoms with Crippen molar-refractivity contribution < 1.29 is 19.1 Å². The molecule has 210 valence electrons. The Balaban J connectivity index is 1.60. The fourth-order valence-corrected chi connectivity index (χ4v) is 4.25. The van der Waals surface area contributed by atoms with E-state index in [1.807, 2.05) is 49.4 Å². The number of H-pyrrole nitrogens is 1. The zero-order valence-electron chi connectivity index (χ0n) is 23.3. The van der Waals surface area contributed by atoms with E-state index in [4.69, 9.17) is 19.4 Å². The first kappa shape index (κ1) is 27.4. The van der Waals surface area contributed by atoms with Gasteiger partial charge >= 0.3 is 0 Å². The third kappa shape index (κ3) is 6.19. The number of carbonyl (C=O) groups excluding carboxylic acids is 2. The quantitative estimate of drug-likeness (QED) is 0.217. The van der Waals surface area contributed by atoms with Gasteiger partial charge in [-0.25, -0.2) is 9.97 Å². The van der Waals surface area contributed by atoms with Gasteiger partial charge in [-0.3, -0.25) is 14.7 Å².